The summed E-state index contributed by atoms with van der Waals surface area (Å²) in [4.78, 5) is 28.9. The summed E-state index contributed by atoms with van der Waals surface area (Å²) in [6, 6.07) is 7.78. The van der Waals surface area contributed by atoms with Gasteiger partial charge < -0.3 is 19.9 Å². The van der Waals surface area contributed by atoms with Crippen molar-refractivity contribution in [1.29, 1.82) is 0 Å². The highest BCUT2D eigenvalue weighted by molar-refractivity contribution is 5.90. The minimum Gasteiger partial charge on any atom is -0.378 e. The number of carbonyl (C=O) groups excluding carboxylic acids is 2. The number of hydrogen-bond donors (Lipinski definition) is 1. The molecule has 6 nitrogen and oxygen atoms in total. The summed E-state index contributed by atoms with van der Waals surface area (Å²) < 4.78 is 5.31. The number of carbonyl (C=O) groups is 2. The van der Waals surface area contributed by atoms with Crippen LogP contribution in [0.2, 0.25) is 0 Å². The number of likely N-dealkylation sites (tertiary alicyclic amines) is 1. The molecule has 2 aliphatic heterocycles. The smallest absolute Gasteiger partial charge is 0.321 e. The molecular weight excluding hydrogens is 318 g/mol. The fourth-order valence-corrected chi connectivity index (χ4v) is 3.48. The first kappa shape index (κ1) is 17.7. The van der Waals surface area contributed by atoms with Crippen LogP contribution in [0.1, 0.15) is 25.3 Å². The molecule has 2 heterocycles. The van der Waals surface area contributed by atoms with E-state index in [9.17, 15) is 9.59 Å². The summed E-state index contributed by atoms with van der Waals surface area (Å²) in [6.45, 7) is 5.82. The molecule has 2 fully saturated rings. The number of nitrogens with zero attached hydrogens (tertiary/aromatic N) is 2. The Morgan fingerprint density at radius 2 is 2.00 bits per heavy atom. The van der Waals surface area contributed by atoms with Crippen LogP contribution in [0.15, 0.2) is 24.3 Å². The van der Waals surface area contributed by atoms with E-state index in [0.29, 0.717) is 39.4 Å². The number of benzene rings is 1. The standard InChI is InChI=1S/C19H27N3O3/c1-2-15-5-3-7-17(13-15)20-19(24)22-8-4-6-16(14-22)18(23)21-9-11-25-12-10-21/h3,5,7,13,16H,2,4,6,8-12,14H2,1H3,(H,20,24). The first-order chi connectivity index (χ1) is 12.2. The second kappa shape index (κ2) is 8.34. The lowest BCUT2D eigenvalue weighted by Gasteiger charge is -2.36. The van der Waals surface area contributed by atoms with Crippen molar-refractivity contribution < 1.29 is 14.3 Å². The van der Waals surface area contributed by atoms with E-state index in [4.69, 9.17) is 4.74 Å². The fourth-order valence-electron chi connectivity index (χ4n) is 3.48. The van der Waals surface area contributed by atoms with Crippen LogP contribution in [0.5, 0.6) is 0 Å². The highest BCUT2D eigenvalue weighted by atomic mass is 16.5. The van der Waals surface area contributed by atoms with Crippen LogP contribution in [0.3, 0.4) is 0 Å². The molecule has 2 aliphatic rings. The van der Waals surface area contributed by atoms with Gasteiger partial charge in [-0.25, -0.2) is 4.79 Å². The molecule has 3 amide bonds. The van der Waals surface area contributed by atoms with Gasteiger partial charge in [-0.1, -0.05) is 19.1 Å². The van der Waals surface area contributed by atoms with E-state index in [1.807, 2.05) is 29.2 Å². The third-order valence-electron chi connectivity index (χ3n) is 4.97. The summed E-state index contributed by atoms with van der Waals surface area (Å²) in [5.74, 6) is 0.0633. The zero-order valence-electron chi connectivity index (χ0n) is 14.9. The molecule has 1 unspecified atom stereocenters. The average molecular weight is 345 g/mol. The topological polar surface area (TPSA) is 61.9 Å². The Hall–Kier alpha value is -2.08. The largest absolute Gasteiger partial charge is 0.378 e. The number of urea groups is 1. The average Bonchev–Trinajstić information content (AvgIpc) is 2.68. The summed E-state index contributed by atoms with van der Waals surface area (Å²) in [7, 11) is 0. The van der Waals surface area contributed by atoms with Crippen molar-refractivity contribution in [3.05, 3.63) is 29.8 Å². The maximum atomic E-state index is 12.7. The monoisotopic (exact) mass is 345 g/mol. The van der Waals surface area contributed by atoms with Gasteiger partial charge in [-0.15, -0.1) is 0 Å². The van der Waals surface area contributed by atoms with Gasteiger partial charge in [-0.2, -0.15) is 0 Å². The fraction of sp³-hybridized carbons (Fsp3) is 0.579. The molecule has 136 valence electrons. The third kappa shape index (κ3) is 4.51. The molecule has 0 radical (unpaired) electrons. The Morgan fingerprint density at radius 1 is 1.20 bits per heavy atom. The lowest BCUT2D eigenvalue weighted by Crippen LogP contribution is -2.50. The highest BCUT2D eigenvalue weighted by Crippen LogP contribution is 2.21. The molecule has 0 spiro atoms. The number of nitrogens with one attached hydrogen (secondary N) is 1. The highest BCUT2D eigenvalue weighted by Gasteiger charge is 2.31. The molecule has 1 N–H and O–H groups in total. The maximum Gasteiger partial charge on any atom is 0.321 e. The number of anilines is 1. The molecule has 0 aliphatic carbocycles. The quantitative estimate of drug-likeness (QED) is 0.915. The molecule has 0 bridgehead atoms. The normalized spacial score (nSPS) is 21.1. The van der Waals surface area contributed by atoms with Crippen molar-refractivity contribution in [3.63, 3.8) is 0 Å². The van der Waals surface area contributed by atoms with Gasteiger partial charge in [0, 0.05) is 31.9 Å². The van der Waals surface area contributed by atoms with Crippen molar-refractivity contribution in [2.45, 2.75) is 26.2 Å². The summed E-state index contributed by atoms with van der Waals surface area (Å²) in [5, 5.41) is 2.97. The predicted octanol–water partition coefficient (Wildman–Crippen LogP) is 2.35. The number of amides is 3. The number of ether oxygens (including phenoxy) is 1. The van der Waals surface area contributed by atoms with Crippen molar-refractivity contribution in [3.8, 4) is 0 Å². The van der Waals surface area contributed by atoms with Gasteiger partial charge >= 0.3 is 6.03 Å². The number of hydrogen-bond acceptors (Lipinski definition) is 3. The molecule has 1 aromatic rings. The molecule has 25 heavy (non-hydrogen) atoms. The Labute approximate surface area is 149 Å². The molecule has 2 saturated heterocycles. The van der Waals surface area contributed by atoms with Gasteiger partial charge in [0.2, 0.25) is 5.91 Å². The second-order valence-corrected chi connectivity index (χ2v) is 6.71. The molecule has 0 saturated carbocycles. The van der Waals surface area contributed by atoms with Crippen LogP contribution in [-0.4, -0.2) is 61.1 Å². The van der Waals surface area contributed by atoms with Crippen LogP contribution in [0.4, 0.5) is 10.5 Å². The molecule has 6 heteroatoms. The van der Waals surface area contributed by atoms with Crippen molar-refractivity contribution in [1.82, 2.24) is 9.80 Å². The third-order valence-corrected chi connectivity index (χ3v) is 4.97. The van der Waals surface area contributed by atoms with Gasteiger partial charge in [0.25, 0.3) is 0 Å². The molecule has 3 rings (SSSR count). The summed E-state index contributed by atoms with van der Waals surface area (Å²) >= 11 is 0. The zero-order chi connectivity index (χ0) is 17.6. The van der Waals surface area contributed by atoms with E-state index >= 15 is 0 Å². The van der Waals surface area contributed by atoms with Crippen molar-refractivity contribution in [2.75, 3.05) is 44.7 Å². The first-order valence-corrected chi connectivity index (χ1v) is 9.18. The van der Waals surface area contributed by atoms with E-state index in [2.05, 4.69) is 12.2 Å². The Bertz CT molecular complexity index is 614. The number of morpholine rings is 1. The lowest BCUT2D eigenvalue weighted by atomic mass is 9.96. The number of aryl methyl sites for hydroxylation is 1. The molecular formula is C19H27N3O3. The number of rotatable bonds is 3. The Balaban J connectivity index is 1.58. The van der Waals surface area contributed by atoms with Gasteiger partial charge in [-0.3, -0.25) is 4.79 Å². The van der Waals surface area contributed by atoms with Crippen LogP contribution in [-0.2, 0) is 16.0 Å². The summed E-state index contributed by atoms with van der Waals surface area (Å²) in [6.07, 6.45) is 2.65. The SMILES string of the molecule is CCc1cccc(NC(=O)N2CCCC(C(=O)N3CCOCC3)C2)c1. The van der Waals surface area contributed by atoms with E-state index in [0.717, 1.165) is 24.9 Å². The van der Waals surface area contributed by atoms with E-state index < -0.39 is 0 Å². The van der Waals surface area contributed by atoms with Crippen molar-refractivity contribution in [2.24, 2.45) is 5.92 Å². The van der Waals surface area contributed by atoms with E-state index in [1.165, 1.54) is 5.56 Å². The number of piperidine rings is 1. The van der Waals surface area contributed by atoms with Crippen molar-refractivity contribution >= 4 is 17.6 Å². The first-order valence-electron chi connectivity index (χ1n) is 9.18. The molecule has 1 atom stereocenters. The Morgan fingerprint density at radius 3 is 2.76 bits per heavy atom. The van der Waals surface area contributed by atoms with E-state index in [-0.39, 0.29) is 17.9 Å². The van der Waals surface area contributed by atoms with Gasteiger partial charge in [0.05, 0.1) is 19.1 Å². The lowest BCUT2D eigenvalue weighted by molar-refractivity contribution is -0.141. The minimum atomic E-state index is -0.118. The summed E-state index contributed by atoms with van der Waals surface area (Å²) in [5.41, 5.74) is 2.00. The molecule has 0 aromatic heterocycles. The Kier molecular flexibility index (Phi) is 5.91. The van der Waals surface area contributed by atoms with Crippen LogP contribution < -0.4 is 5.32 Å². The minimum absolute atomic E-state index is 0.0976. The predicted molar refractivity (Wildman–Crippen MR) is 96.5 cm³/mol. The van der Waals surface area contributed by atoms with Crippen LogP contribution in [0.25, 0.3) is 0 Å². The zero-order valence-corrected chi connectivity index (χ0v) is 14.9. The second-order valence-electron chi connectivity index (χ2n) is 6.71. The van der Waals surface area contributed by atoms with Crippen LogP contribution >= 0.6 is 0 Å². The maximum absolute atomic E-state index is 12.7. The molecule has 1 aromatic carbocycles. The van der Waals surface area contributed by atoms with Crippen LogP contribution in [0, 0.1) is 5.92 Å². The van der Waals surface area contributed by atoms with Gasteiger partial charge in [0.1, 0.15) is 0 Å². The van der Waals surface area contributed by atoms with Gasteiger partial charge in [-0.05, 0) is 37.0 Å². The van der Waals surface area contributed by atoms with Gasteiger partial charge in [0.15, 0.2) is 0 Å². The van der Waals surface area contributed by atoms with E-state index in [1.54, 1.807) is 4.90 Å².